The minimum absolute atomic E-state index is 0.175. The maximum Gasteiger partial charge on any atom is 0.116 e. The average Bonchev–Trinajstić information content (AvgIpc) is 2.55. The summed E-state index contributed by atoms with van der Waals surface area (Å²) < 4.78 is 6.56. The number of rotatable bonds is 1. The van der Waals surface area contributed by atoms with Crippen LogP contribution in [0.3, 0.4) is 0 Å². The summed E-state index contributed by atoms with van der Waals surface area (Å²) in [6, 6.07) is 5.63. The normalized spacial score (nSPS) is 32.9. The summed E-state index contributed by atoms with van der Waals surface area (Å²) in [6.45, 7) is 1.000. The van der Waals surface area contributed by atoms with Crippen LogP contribution in [0, 0.1) is 11.8 Å². The van der Waals surface area contributed by atoms with Crippen molar-refractivity contribution in [2.45, 2.75) is 57.2 Å². The number of hydrogen-bond acceptors (Lipinski definition) is 3. The molecule has 0 aromatic heterocycles. The van der Waals surface area contributed by atoms with E-state index in [1.54, 1.807) is 6.07 Å². The third-order valence-electron chi connectivity index (χ3n) is 5.64. The molecule has 1 aliphatic carbocycles. The zero-order chi connectivity index (χ0) is 14.2. The van der Waals surface area contributed by atoms with Gasteiger partial charge in [-0.05, 0) is 49.8 Å². The molecule has 2 heterocycles. The van der Waals surface area contributed by atoms with Crippen LogP contribution < -0.4 is 5.32 Å². The molecular formula is C18H25NO2. The molecule has 114 valence electrons. The van der Waals surface area contributed by atoms with Gasteiger partial charge >= 0.3 is 0 Å². The van der Waals surface area contributed by atoms with Crippen LogP contribution >= 0.6 is 0 Å². The Kier molecular flexibility index (Phi) is 3.54. The number of phenolic OH excluding ortho intramolecular Hbond substituents is 1. The third-order valence-corrected chi connectivity index (χ3v) is 5.64. The Hall–Kier alpha value is -1.22. The average molecular weight is 287 g/mol. The Morgan fingerprint density at radius 1 is 1.00 bits per heavy atom. The lowest BCUT2D eigenvalue weighted by atomic mass is 9.78. The summed E-state index contributed by atoms with van der Waals surface area (Å²) in [5, 5.41) is 13.3. The maximum absolute atomic E-state index is 9.81. The zero-order valence-corrected chi connectivity index (χ0v) is 12.6. The van der Waals surface area contributed by atoms with Crippen LogP contribution in [0.4, 0.5) is 5.69 Å². The third kappa shape index (κ3) is 2.52. The molecule has 3 aliphatic rings. The van der Waals surface area contributed by atoms with Gasteiger partial charge in [0.05, 0.1) is 12.2 Å². The van der Waals surface area contributed by atoms with Crippen LogP contribution in [-0.2, 0) is 4.74 Å². The van der Waals surface area contributed by atoms with E-state index in [2.05, 4.69) is 5.32 Å². The maximum atomic E-state index is 9.81. The second kappa shape index (κ2) is 5.53. The summed E-state index contributed by atoms with van der Waals surface area (Å²) in [7, 11) is 0. The highest BCUT2D eigenvalue weighted by atomic mass is 16.5. The van der Waals surface area contributed by atoms with Gasteiger partial charge in [-0.1, -0.05) is 19.3 Å². The van der Waals surface area contributed by atoms with Crippen molar-refractivity contribution in [1.82, 2.24) is 0 Å². The van der Waals surface area contributed by atoms with Gasteiger partial charge in [0.1, 0.15) is 5.75 Å². The van der Waals surface area contributed by atoms with Crippen molar-refractivity contribution in [3.05, 3.63) is 23.8 Å². The van der Waals surface area contributed by atoms with Crippen LogP contribution in [0.1, 0.15) is 56.6 Å². The van der Waals surface area contributed by atoms with Gasteiger partial charge in [0.15, 0.2) is 0 Å². The van der Waals surface area contributed by atoms with Crippen LogP contribution in [0.5, 0.6) is 5.75 Å². The highest BCUT2D eigenvalue weighted by Crippen LogP contribution is 2.46. The number of anilines is 1. The highest BCUT2D eigenvalue weighted by molar-refractivity contribution is 5.57. The molecule has 2 fully saturated rings. The molecule has 2 N–H and O–H groups in total. The minimum atomic E-state index is 0.175. The van der Waals surface area contributed by atoms with E-state index in [1.807, 2.05) is 12.1 Å². The van der Waals surface area contributed by atoms with E-state index >= 15 is 0 Å². The van der Waals surface area contributed by atoms with Crippen LogP contribution in [0.25, 0.3) is 0 Å². The van der Waals surface area contributed by atoms with Crippen LogP contribution in [0.2, 0.25) is 0 Å². The molecule has 1 aromatic carbocycles. The highest BCUT2D eigenvalue weighted by Gasteiger charge is 2.39. The lowest BCUT2D eigenvalue weighted by molar-refractivity contribution is -0.113. The first-order valence-electron chi connectivity index (χ1n) is 8.53. The fourth-order valence-electron chi connectivity index (χ4n) is 4.47. The van der Waals surface area contributed by atoms with Gasteiger partial charge in [-0.15, -0.1) is 0 Å². The summed E-state index contributed by atoms with van der Waals surface area (Å²) in [5.41, 5.74) is 2.30. The minimum Gasteiger partial charge on any atom is -0.508 e. The Morgan fingerprint density at radius 2 is 1.86 bits per heavy atom. The van der Waals surface area contributed by atoms with E-state index in [0.717, 1.165) is 23.7 Å². The molecule has 0 amide bonds. The van der Waals surface area contributed by atoms with Gasteiger partial charge in [0.25, 0.3) is 0 Å². The molecule has 0 spiro atoms. The van der Waals surface area contributed by atoms with E-state index in [-0.39, 0.29) is 6.10 Å². The molecule has 1 saturated heterocycles. The lowest BCUT2D eigenvalue weighted by Crippen LogP contribution is -2.39. The molecule has 4 rings (SSSR count). The molecule has 3 unspecified atom stereocenters. The molecule has 1 saturated carbocycles. The number of benzene rings is 1. The molecular weight excluding hydrogens is 262 g/mol. The predicted octanol–water partition coefficient (Wildman–Crippen LogP) is 4.23. The van der Waals surface area contributed by atoms with Crippen LogP contribution in [0.15, 0.2) is 18.2 Å². The number of nitrogens with one attached hydrogen (secondary N) is 1. The molecule has 0 bridgehead atoms. The molecule has 1 aromatic rings. The Bertz CT molecular complexity index is 510. The lowest BCUT2D eigenvalue weighted by Gasteiger charge is -2.44. The molecule has 3 heteroatoms. The number of phenols is 1. The van der Waals surface area contributed by atoms with Crippen molar-refractivity contribution >= 4 is 5.69 Å². The zero-order valence-electron chi connectivity index (χ0n) is 12.6. The van der Waals surface area contributed by atoms with Crippen molar-refractivity contribution in [1.29, 1.82) is 0 Å². The molecule has 3 atom stereocenters. The monoisotopic (exact) mass is 287 g/mol. The smallest absolute Gasteiger partial charge is 0.116 e. The largest absolute Gasteiger partial charge is 0.508 e. The first-order valence-corrected chi connectivity index (χ1v) is 8.53. The summed E-state index contributed by atoms with van der Waals surface area (Å²) in [6.07, 6.45) is 9.88. The molecule has 21 heavy (non-hydrogen) atoms. The number of aromatic hydroxyl groups is 1. The van der Waals surface area contributed by atoms with E-state index < -0.39 is 0 Å². The van der Waals surface area contributed by atoms with Gasteiger partial charge in [0, 0.05) is 23.7 Å². The predicted molar refractivity (Wildman–Crippen MR) is 83.5 cm³/mol. The number of ether oxygens (including phenoxy) is 1. The Morgan fingerprint density at radius 3 is 2.71 bits per heavy atom. The van der Waals surface area contributed by atoms with Gasteiger partial charge in [-0.2, -0.15) is 0 Å². The molecule has 2 aliphatic heterocycles. The van der Waals surface area contributed by atoms with Crippen molar-refractivity contribution in [3.63, 3.8) is 0 Å². The van der Waals surface area contributed by atoms with Gasteiger partial charge < -0.3 is 15.2 Å². The SMILES string of the molecule is Oc1ccc2c(c1)C1OC(C3CCCCC3)CCC1CN2. The van der Waals surface area contributed by atoms with Crippen LogP contribution in [-0.4, -0.2) is 17.8 Å². The van der Waals surface area contributed by atoms with Crippen molar-refractivity contribution < 1.29 is 9.84 Å². The quantitative estimate of drug-likeness (QED) is 0.759. The first kappa shape index (κ1) is 13.4. The van der Waals surface area contributed by atoms with E-state index in [9.17, 15) is 5.11 Å². The number of hydrogen-bond donors (Lipinski definition) is 2. The van der Waals surface area contributed by atoms with Gasteiger partial charge in [-0.25, -0.2) is 0 Å². The second-order valence-corrected chi connectivity index (χ2v) is 6.98. The summed E-state index contributed by atoms with van der Waals surface area (Å²) in [5.74, 6) is 1.66. The number of fused-ring (bicyclic) bond motifs is 3. The van der Waals surface area contributed by atoms with Gasteiger partial charge in [0.2, 0.25) is 0 Å². The van der Waals surface area contributed by atoms with E-state index in [0.29, 0.717) is 17.8 Å². The van der Waals surface area contributed by atoms with Gasteiger partial charge in [-0.3, -0.25) is 0 Å². The molecule has 0 radical (unpaired) electrons. The first-order chi connectivity index (χ1) is 10.3. The van der Waals surface area contributed by atoms with Crippen molar-refractivity contribution in [2.75, 3.05) is 11.9 Å². The fourth-order valence-corrected chi connectivity index (χ4v) is 4.47. The van der Waals surface area contributed by atoms with E-state index in [1.165, 1.54) is 44.9 Å². The Labute approximate surface area is 126 Å². The summed E-state index contributed by atoms with van der Waals surface area (Å²) >= 11 is 0. The summed E-state index contributed by atoms with van der Waals surface area (Å²) in [4.78, 5) is 0. The second-order valence-electron chi connectivity index (χ2n) is 6.98. The van der Waals surface area contributed by atoms with E-state index in [4.69, 9.17) is 4.74 Å². The van der Waals surface area contributed by atoms with Crippen molar-refractivity contribution in [2.24, 2.45) is 11.8 Å². The van der Waals surface area contributed by atoms with Crippen molar-refractivity contribution in [3.8, 4) is 5.75 Å². The molecule has 3 nitrogen and oxygen atoms in total. The fraction of sp³-hybridized carbons (Fsp3) is 0.667. The topological polar surface area (TPSA) is 41.5 Å². The Balaban J connectivity index is 1.56. The standard InChI is InChI=1S/C18H25NO2/c20-14-7-8-16-15(10-14)18-13(11-19-16)6-9-17(21-18)12-4-2-1-3-5-12/h7-8,10,12-13,17-20H,1-6,9,11H2.